The summed E-state index contributed by atoms with van der Waals surface area (Å²) in [5.41, 5.74) is 0.912. The van der Waals surface area contributed by atoms with E-state index >= 15 is 0 Å². The molecule has 2 rings (SSSR count). The van der Waals surface area contributed by atoms with Gasteiger partial charge in [-0.3, -0.25) is 19.7 Å². The molecule has 2 aromatic rings. The van der Waals surface area contributed by atoms with Crippen molar-refractivity contribution < 1.29 is 24.0 Å². The second-order valence-electron chi connectivity index (χ2n) is 6.61. The van der Waals surface area contributed by atoms with Crippen molar-refractivity contribution in [1.29, 1.82) is 0 Å². The normalized spacial score (nSPS) is 10.2. The fourth-order valence-electron chi connectivity index (χ4n) is 2.86. The number of carbonyl (C=O) groups is 3. The van der Waals surface area contributed by atoms with Crippen LogP contribution in [0.1, 0.15) is 39.6 Å². The van der Waals surface area contributed by atoms with Gasteiger partial charge in [-0.15, -0.1) is 0 Å². The van der Waals surface area contributed by atoms with E-state index in [0.29, 0.717) is 12.1 Å². The Morgan fingerprint density at radius 2 is 1.80 bits per heavy atom. The zero-order valence-electron chi connectivity index (χ0n) is 17.0. The first-order valence-corrected chi connectivity index (χ1v) is 9.29. The van der Waals surface area contributed by atoms with Crippen LogP contribution in [0.15, 0.2) is 42.5 Å². The van der Waals surface area contributed by atoms with Gasteiger partial charge in [0.2, 0.25) is 5.91 Å². The zero-order chi connectivity index (χ0) is 22.3. The number of nitro benzene ring substituents is 1. The number of non-ortho nitro benzene ring substituents is 1. The van der Waals surface area contributed by atoms with Crippen molar-refractivity contribution in [3.05, 3.63) is 69.3 Å². The molecule has 2 amide bonds. The third kappa shape index (κ3) is 5.63. The third-order valence-electron chi connectivity index (χ3n) is 4.33. The highest BCUT2D eigenvalue weighted by atomic mass is 16.6. The van der Waals surface area contributed by atoms with Crippen LogP contribution in [0.25, 0.3) is 0 Å². The largest absolute Gasteiger partial charge is 0.465 e. The average Bonchev–Trinajstić information content (AvgIpc) is 2.73. The lowest BCUT2D eigenvalue weighted by Crippen LogP contribution is -2.38. The topological polar surface area (TPSA) is 119 Å². The molecular weight excluding hydrogens is 390 g/mol. The predicted molar refractivity (Wildman–Crippen MR) is 110 cm³/mol. The van der Waals surface area contributed by atoms with E-state index in [9.17, 15) is 24.5 Å². The van der Waals surface area contributed by atoms with Crippen LogP contribution >= 0.6 is 0 Å². The van der Waals surface area contributed by atoms with Gasteiger partial charge in [-0.05, 0) is 31.0 Å². The van der Waals surface area contributed by atoms with Gasteiger partial charge in [-0.1, -0.05) is 25.1 Å². The summed E-state index contributed by atoms with van der Waals surface area (Å²) in [5.74, 6) is -1.79. The smallest absolute Gasteiger partial charge is 0.338 e. The maximum absolute atomic E-state index is 13.0. The van der Waals surface area contributed by atoms with Gasteiger partial charge < -0.3 is 15.0 Å². The number of methoxy groups -OCH3 is 1. The van der Waals surface area contributed by atoms with E-state index in [4.69, 9.17) is 0 Å². The number of esters is 1. The molecule has 0 aromatic heterocycles. The van der Waals surface area contributed by atoms with Crippen LogP contribution in [-0.4, -0.2) is 47.8 Å². The maximum atomic E-state index is 13.0. The number of para-hydroxylation sites is 1. The van der Waals surface area contributed by atoms with Crippen LogP contribution in [0.5, 0.6) is 0 Å². The van der Waals surface area contributed by atoms with Crippen molar-refractivity contribution in [1.82, 2.24) is 4.90 Å². The first kappa shape index (κ1) is 22.5. The Morgan fingerprint density at radius 1 is 1.13 bits per heavy atom. The van der Waals surface area contributed by atoms with Gasteiger partial charge in [0.15, 0.2) is 0 Å². The zero-order valence-corrected chi connectivity index (χ0v) is 17.0. The van der Waals surface area contributed by atoms with Crippen molar-refractivity contribution in [2.75, 3.05) is 25.5 Å². The molecule has 0 saturated heterocycles. The predicted octanol–water partition coefficient (Wildman–Crippen LogP) is 3.18. The number of hydrogen-bond acceptors (Lipinski definition) is 6. The molecule has 0 saturated carbocycles. The van der Waals surface area contributed by atoms with Crippen LogP contribution in [0, 0.1) is 17.0 Å². The number of nitro groups is 1. The summed E-state index contributed by atoms with van der Waals surface area (Å²) in [5, 5.41) is 14.0. The number of rotatable bonds is 8. The van der Waals surface area contributed by atoms with Crippen LogP contribution in [-0.2, 0) is 9.53 Å². The summed E-state index contributed by atoms with van der Waals surface area (Å²) in [6.45, 7) is 3.71. The Labute approximate surface area is 173 Å². The maximum Gasteiger partial charge on any atom is 0.338 e. The number of nitrogens with zero attached hydrogens (tertiary/aromatic N) is 2. The summed E-state index contributed by atoms with van der Waals surface area (Å²) < 4.78 is 4.61. The lowest BCUT2D eigenvalue weighted by molar-refractivity contribution is -0.384. The summed E-state index contributed by atoms with van der Waals surface area (Å²) in [6, 6.07) is 10.6. The van der Waals surface area contributed by atoms with E-state index in [1.54, 1.807) is 12.1 Å². The molecule has 0 fully saturated rings. The highest BCUT2D eigenvalue weighted by molar-refractivity contribution is 6.01. The summed E-state index contributed by atoms with van der Waals surface area (Å²) in [6.07, 6.45) is 0.572. The van der Waals surface area contributed by atoms with E-state index < -0.39 is 28.4 Å². The van der Waals surface area contributed by atoms with Crippen molar-refractivity contribution in [3.8, 4) is 0 Å². The van der Waals surface area contributed by atoms with Gasteiger partial charge in [0.25, 0.3) is 11.6 Å². The summed E-state index contributed by atoms with van der Waals surface area (Å²) >= 11 is 0. The molecule has 0 atom stereocenters. The second-order valence-corrected chi connectivity index (χ2v) is 6.61. The molecule has 2 aromatic carbocycles. The SMILES string of the molecule is CCCN(CC(=O)Nc1ccccc1C)C(=O)c1cc(C(=O)OC)cc([N+](=O)[O-])c1. The Balaban J connectivity index is 2.28. The molecule has 9 nitrogen and oxygen atoms in total. The molecule has 0 aliphatic heterocycles. The van der Waals surface area contributed by atoms with E-state index in [1.807, 2.05) is 26.0 Å². The number of amides is 2. The minimum atomic E-state index is -0.799. The summed E-state index contributed by atoms with van der Waals surface area (Å²) in [7, 11) is 1.14. The van der Waals surface area contributed by atoms with Gasteiger partial charge in [0.1, 0.15) is 6.54 Å². The highest BCUT2D eigenvalue weighted by Gasteiger charge is 2.23. The van der Waals surface area contributed by atoms with Crippen LogP contribution in [0.4, 0.5) is 11.4 Å². The van der Waals surface area contributed by atoms with E-state index in [2.05, 4.69) is 10.1 Å². The monoisotopic (exact) mass is 413 g/mol. The van der Waals surface area contributed by atoms with Crippen LogP contribution in [0.3, 0.4) is 0 Å². The number of nitrogens with one attached hydrogen (secondary N) is 1. The molecule has 30 heavy (non-hydrogen) atoms. The lowest BCUT2D eigenvalue weighted by Gasteiger charge is -2.22. The fraction of sp³-hybridized carbons (Fsp3) is 0.286. The molecule has 0 radical (unpaired) electrons. The molecular formula is C21H23N3O6. The minimum Gasteiger partial charge on any atom is -0.465 e. The van der Waals surface area contributed by atoms with Crippen molar-refractivity contribution >= 4 is 29.2 Å². The Morgan fingerprint density at radius 3 is 2.40 bits per heavy atom. The molecule has 0 heterocycles. The van der Waals surface area contributed by atoms with Crippen LogP contribution in [0.2, 0.25) is 0 Å². The fourth-order valence-corrected chi connectivity index (χ4v) is 2.86. The molecule has 0 aliphatic carbocycles. The number of anilines is 1. The standard InChI is InChI=1S/C21H23N3O6/c1-4-9-23(13-19(25)22-18-8-6-5-7-14(18)2)20(26)15-10-16(21(27)30-3)12-17(11-15)24(28)29/h5-8,10-12H,4,9,13H2,1-3H3,(H,22,25). The number of aryl methyl sites for hydroxylation is 1. The molecule has 158 valence electrons. The molecule has 0 aliphatic rings. The number of hydrogen-bond donors (Lipinski definition) is 1. The highest BCUT2D eigenvalue weighted by Crippen LogP contribution is 2.20. The molecule has 0 bridgehead atoms. The number of carbonyl (C=O) groups excluding carboxylic acids is 3. The third-order valence-corrected chi connectivity index (χ3v) is 4.33. The van der Waals surface area contributed by atoms with Crippen molar-refractivity contribution in [3.63, 3.8) is 0 Å². The van der Waals surface area contributed by atoms with Gasteiger partial charge in [-0.2, -0.15) is 0 Å². The van der Waals surface area contributed by atoms with Gasteiger partial charge in [-0.25, -0.2) is 4.79 Å². The summed E-state index contributed by atoms with van der Waals surface area (Å²) in [4.78, 5) is 49.1. The molecule has 9 heteroatoms. The number of benzene rings is 2. The molecule has 0 unspecified atom stereocenters. The van der Waals surface area contributed by atoms with Crippen molar-refractivity contribution in [2.24, 2.45) is 0 Å². The van der Waals surface area contributed by atoms with E-state index in [-0.39, 0.29) is 24.2 Å². The molecule has 0 spiro atoms. The van der Waals surface area contributed by atoms with Crippen LogP contribution < -0.4 is 5.32 Å². The first-order chi connectivity index (χ1) is 14.3. The minimum absolute atomic E-state index is 0.0678. The van der Waals surface area contributed by atoms with E-state index in [0.717, 1.165) is 24.8 Å². The quantitative estimate of drug-likeness (QED) is 0.403. The Bertz CT molecular complexity index is 973. The lowest BCUT2D eigenvalue weighted by atomic mass is 10.1. The second kappa shape index (κ2) is 10.1. The van der Waals surface area contributed by atoms with Crippen molar-refractivity contribution in [2.45, 2.75) is 20.3 Å². The van der Waals surface area contributed by atoms with Gasteiger partial charge in [0, 0.05) is 29.9 Å². The van der Waals surface area contributed by atoms with Gasteiger partial charge in [0.05, 0.1) is 17.6 Å². The van der Waals surface area contributed by atoms with E-state index in [1.165, 1.54) is 11.0 Å². The first-order valence-electron chi connectivity index (χ1n) is 9.29. The number of ether oxygens (including phenoxy) is 1. The Kier molecular flexibility index (Phi) is 7.62. The Hall–Kier alpha value is -3.75. The van der Waals surface area contributed by atoms with Gasteiger partial charge >= 0.3 is 5.97 Å². The molecule has 1 N–H and O–H groups in total. The average molecular weight is 413 g/mol.